The number of amides is 1. The molecule has 0 bridgehead atoms. The van der Waals surface area contributed by atoms with Crippen LogP contribution in [0.3, 0.4) is 0 Å². The molecule has 0 aromatic heterocycles. The van der Waals surface area contributed by atoms with Crippen molar-refractivity contribution in [3.63, 3.8) is 0 Å². The van der Waals surface area contributed by atoms with Crippen LogP contribution in [0.4, 0.5) is 11.4 Å². The van der Waals surface area contributed by atoms with Crippen molar-refractivity contribution in [2.45, 2.75) is 25.5 Å². The molecule has 0 radical (unpaired) electrons. The molecule has 1 amide bonds. The van der Waals surface area contributed by atoms with E-state index in [0.717, 1.165) is 6.42 Å². The molecule has 2 N–H and O–H groups in total. The van der Waals surface area contributed by atoms with Gasteiger partial charge in [0.2, 0.25) is 0 Å². The fraction of sp³-hybridized carbons (Fsp3) is 0.500. The lowest BCUT2D eigenvalue weighted by molar-refractivity contribution is -0.384. The number of carbonyl (C=O) groups excluding carboxylic acids is 1. The summed E-state index contributed by atoms with van der Waals surface area (Å²) >= 11 is 1.74. The van der Waals surface area contributed by atoms with Gasteiger partial charge in [0.15, 0.2) is 0 Å². The van der Waals surface area contributed by atoms with Gasteiger partial charge >= 0.3 is 0 Å². The second-order valence-electron chi connectivity index (χ2n) is 4.58. The minimum atomic E-state index is -0.482. The van der Waals surface area contributed by atoms with Crippen LogP contribution in [0.2, 0.25) is 0 Å². The summed E-state index contributed by atoms with van der Waals surface area (Å²) in [5.74, 6) is -0.289. The number of rotatable bonds is 8. The molecule has 0 saturated heterocycles. The third-order valence-electron chi connectivity index (χ3n) is 3.08. The predicted octanol–water partition coefficient (Wildman–Crippen LogP) is 2.90. The number of nitro groups is 1. The van der Waals surface area contributed by atoms with E-state index in [1.807, 2.05) is 13.2 Å². The molecule has 7 heteroatoms. The highest BCUT2D eigenvalue weighted by atomic mass is 32.2. The summed E-state index contributed by atoms with van der Waals surface area (Å²) in [7, 11) is 0. The maximum Gasteiger partial charge on any atom is 0.293 e. The number of thioether (sulfide) groups is 1. The smallest absolute Gasteiger partial charge is 0.293 e. The van der Waals surface area contributed by atoms with Gasteiger partial charge in [-0.2, -0.15) is 11.8 Å². The Morgan fingerprint density at radius 2 is 2.19 bits per heavy atom. The molecule has 0 heterocycles. The zero-order valence-electron chi connectivity index (χ0n) is 12.5. The molecule has 1 atom stereocenters. The summed E-state index contributed by atoms with van der Waals surface area (Å²) in [4.78, 5) is 22.8. The van der Waals surface area contributed by atoms with Crippen molar-refractivity contribution in [3.8, 4) is 0 Å². The van der Waals surface area contributed by atoms with Crippen molar-refractivity contribution in [1.82, 2.24) is 5.32 Å². The molecule has 1 unspecified atom stereocenters. The van der Waals surface area contributed by atoms with Gasteiger partial charge in [0.05, 0.1) is 10.5 Å². The molecule has 0 aliphatic heterocycles. The lowest BCUT2D eigenvalue weighted by Gasteiger charge is -2.12. The zero-order valence-corrected chi connectivity index (χ0v) is 13.3. The standard InChI is InChI=1S/C14H21N3O3S/c1-4-15-13-11(6-5-7-12(13)17(19)20)14(18)16-9-8-10(2)21-3/h5-7,10,15H,4,8-9H2,1-3H3,(H,16,18). The molecule has 0 spiro atoms. The molecule has 0 aliphatic rings. The van der Waals surface area contributed by atoms with Crippen LogP contribution in [0.5, 0.6) is 0 Å². The maximum atomic E-state index is 12.2. The minimum Gasteiger partial charge on any atom is -0.379 e. The number of nitrogens with zero attached hydrogens (tertiary/aromatic N) is 1. The number of para-hydroxylation sites is 1. The highest BCUT2D eigenvalue weighted by Gasteiger charge is 2.20. The van der Waals surface area contributed by atoms with E-state index in [-0.39, 0.29) is 17.3 Å². The van der Waals surface area contributed by atoms with Gasteiger partial charge in [-0.25, -0.2) is 0 Å². The van der Waals surface area contributed by atoms with E-state index in [0.29, 0.717) is 23.9 Å². The monoisotopic (exact) mass is 311 g/mol. The Morgan fingerprint density at radius 1 is 1.48 bits per heavy atom. The normalized spacial score (nSPS) is 11.8. The van der Waals surface area contributed by atoms with Crippen LogP contribution in [0.25, 0.3) is 0 Å². The number of benzene rings is 1. The Labute approximate surface area is 128 Å². The molecule has 6 nitrogen and oxygen atoms in total. The largest absolute Gasteiger partial charge is 0.379 e. The summed E-state index contributed by atoms with van der Waals surface area (Å²) in [5, 5.41) is 17.2. The zero-order chi connectivity index (χ0) is 15.8. The second kappa shape index (κ2) is 8.51. The molecule has 1 aromatic carbocycles. The van der Waals surface area contributed by atoms with E-state index in [1.54, 1.807) is 17.8 Å². The Kier molecular flexibility index (Phi) is 7.01. The lowest BCUT2D eigenvalue weighted by atomic mass is 10.1. The van der Waals surface area contributed by atoms with Crippen molar-refractivity contribution < 1.29 is 9.72 Å². The summed E-state index contributed by atoms with van der Waals surface area (Å²) in [5.41, 5.74) is 0.505. The fourth-order valence-corrected chi connectivity index (χ4v) is 2.20. The van der Waals surface area contributed by atoms with Gasteiger partial charge in [0, 0.05) is 24.4 Å². The van der Waals surface area contributed by atoms with Crippen LogP contribution in [0, 0.1) is 10.1 Å². The van der Waals surface area contributed by atoms with Gasteiger partial charge < -0.3 is 10.6 Å². The van der Waals surface area contributed by atoms with E-state index in [4.69, 9.17) is 0 Å². The summed E-state index contributed by atoms with van der Waals surface area (Å²) in [6.45, 7) is 4.98. The molecular formula is C14H21N3O3S. The molecule has 0 fully saturated rings. The van der Waals surface area contributed by atoms with E-state index in [1.165, 1.54) is 12.1 Å². The van der Waals surface area contributed by atoms with Crippen molar-refractivity contribution in [3.05, 3.63) is 33.9 Å². The van der Waals surface area contributed by atoms with Crippen molar-refractivity contribution in [2.24, 2.45) is 0 Å². The van der Waals surface area contributed by atoms with Crippen LogP contribution in [-0.2, 0) is 0 Å². The second-order valence-corrected chi connectivity index (χ2v) is 5.85. The molecule has 116 valence electrons. The topological polar surface area (TPSA) is 84.3 Å². The third-order valence-corrected chi connectivity index (χ3v) is 4.12. The first-order chi connectivity index (χ1) is 10.0. The molecular weight excluding hydrogens is 290 g/mol. The van der Waals surface area contributed by atoms with Gasteiger partial charge in [-0.1, -0.05) is 13.0 Å². The number of hydrogen-bond donors (Lipinski definition) is 2. The van der Waals surface area contributed by atoms with Crippen LogP contribution in [0.1, 0.15) is 30.6 Å². The highest BCUT2D eigenvalue weighted by molar-refractivity contribution is 7.99. The molecule has 21 heavy (non-hydrogen) atoms. The van der Waals surface area contributed by atoms with E-state index in [9.17, 15) is 14.9 Å². The van der Waals surface area contributed by atoms with E-state index in [2.05, 4.69) is 17.6 Å². The van der Waals surface area contributed by atoms with Gasteiger partial charge in [0.1, 0.15) is 5.69 Å². The van der Waals surface area contributed by atoms with Crippen LogP contribution >= 0.6 is 11.8 Å². The van der Waals surface area contributed by atoms with Crippen molar-refractivity contribution in [2.75, 3.05) is 24.7 Å². The van der Waals surface area contributed by atoms with Crippen LogP contribution < -0.4 is 10.6 Å². The summed E-state index contributed by atoms with van der Waals surface area (Å²) in [6.07, 6.45) is 2.88. The lowest BCUT2D eigenvalue weighted by Crippen LogP contribution is -2.27. The first-order valence-electron chi connectivity index (χ1n) is 6.83. The Hall–Kier alpha value is -1.76. The summed E-state index contributed by atoms with van der Waals surface area (Å²) < 4.78 is 0. The SMILES string of the molecule is CCNc1c(C(=O)NCCC(C)SC)cccc1[N+](=O)[O-]. The molecule has 0 saturated carbocycles. The Morgan fingerprint density at radius 3 is 2.76 bits per heavy atom. The summed E-state index contributed by atoms with van der Waals surface area (Å²) in [6, 6.07) is 4.52. The Balaban J connectivity index is 2.88. The molecule has 0 aliphatic carbocycles. The van der Waals surface area contributed by atoms with Gasteiger partial charge in [-0.3, -0.25) is 14.9 Å². The number of hydrogen-bond acceptors (Lipinski definition) is 5. The van der Waals surface area contributed by atoms with Gasteiger partial charge in [0.25, 0.3) is 11.6 Å². The average molecular weight is 311 g/mol. The number of nitro benzene ring substituents is 1. The Bertz CT molecular complexity index is 508. The van der Waals surface area contributed by atoms with Crippen molar-refractivity contribution >= 4 is 29.0 Å². The molecule has 1 rings (SSSR count). The number of anilines is 1. The first kappa shape index (κ1) is 17.3. The highest BCUT2D eigenvalue weighted by Crippen LogP contribution is 2.28. The van der Waals surface area contributed by atoms with Gasteiger partial charge in [-0.05, 0) is 25.7 Å². The van der Waals surface area contributed by atoms with Crippen molar-refractivity contribution in [1.29, 1.82) is 0 Å². The number of nitrogens with one attached hydrogen (secondary N) is 2. The first-order valence-corrected chi connectivity index (χ1v) is 8.12. The fourth-order valence-electron chi connectivity index (χ4n) is 1.85. The predicted molar refractivity (Wildman–Crippen MR) is 87.2 cm³/mol. The quantitative estimate of drug-likeness (QED) is 0.569. The van der Waals surface area contributed by atoms with E-state index >= 15 is 0 Å². The minimum absolute atomic E-state index is 0.0815. The van der Waals surface area contributed by atoms with Crippen LogP contribution in [-0.4, -0.2) is 35.4 Å². The maximum absolute atomic E-state index is 12.2. The number of carbonyl (C=O) groups is 1. The average Bonchev–Trinajstić information content (AvgIpc) is 2.47. The van der Waals surface area contributed by atoms with Gasteiger partial charge in [-0.15, -0.1) is 0 Å². The van der Waals surface area contributed by atoms with E-state index < -0.39 is 4.92 Å². The van der Waals surface area contributed by atoms with Crippen LogP contribution in [0.15, 0.2) is 18.2 Å². The third kappa shape index (κ3) is 4.93. The molecule has 1 aromatic rings.